The predicted octanol–water partition coefficient (Wildman–Crippen LogP) is 2.43. The van der Waals surface area contributed by atoms with Gasteiger partial charge in [0.25, 0.3) is 0 Å². The van der Waals surface area contributed by atoms with E-state index < -0.39 is 6.61 Å². The molecule has 0 unspecified atom stereocenters. The number of hydrogen-bond acceptors (Lipinski definition) is 3. The summed E-state index contributed by atoms with van der Waals surface area (Å²) in [6.45, 7) is 0.722. The molecule has 0 aliphatic carbocycles. The number of para-hydroxylation sites is 1. The number of hydrogen-bond donors (Lipinski definition) is 1. The molecule has 1 amide bonds. The second-order valence-electron chi connectivity index (χ2n) is 6.47. The van der Waals surface area contributed by atoms with Crippen LogP contribution < -0.4 is 10.1 Å². The molecule has 126 valence electrons. The number of ether oxygens (including phenoxy) is 1. The second kappa shape index (κ2) is 6.83. The minimum absolute atomic E-state index is 0.0175. The molecule has 0 saturated carbocycles. The predicted molar refractivity (Wildman–Crippen MR) is 82.5 cm³/mol. The highest BCUT2D eigenvalue weighted by atomic mass is 19.3. The fraction of sp³-hybridized carbons (Fsp3) is 0.588. The maximum absolute atomic E-state index is 12.5. The van der Waals surface area contributed by atoms with Crippen molar-refractivity contribution >= 4 is 5.91 Å². The van der Waals surface area contributed by atoms with Crippen LogP contribution in [0.15, 0.2) is 24.3 Å². The number of nitrogens with zero attached hydrogens (tertiary/aromatic N) is 1. The van der Waals surface area contributed by atoms with Crippen LogP contribution in [-0.2, 0) is 11.2 Å². The number of benzene rings is 1. The topological polar surface area (TPSA) is 41.6 Å². The molecule has 2 aliphatic heterocycles. The summed E-state index contributed by atoms with van der Waals surface area (Å²) >= 11 is 0. The second-order valence-corrected chi connectivity index (χ2v) is 6.47. The fourth-order valence-electron chi connectivity index (χ4n) is 3.59. The Balaban J connectivity index is 1.60. The number of likely N-dealkylation sites (tertiary alicyclic amines) is 1. The minimum Gasteiger partial charge on any atom is -0.435 e. The zero-order valence-electron chi connectivity index (χ0n) is 13.1. The van der Waals surface area contributed by atoms with Crippen molar-refractivity contribution < 1.29 is 18.3 Å². The lowest BCUT2D eigenvalue weighted by Crippen LogP contribution is -2.44. The molecular weight excluding hydrogens is 302 g/mol. The number of amides is 1. The van der Waals surface area contributed by atoms with Gasteiger partial charge in [0.1, 0.15) is 5.75 Å². The van der Waals surface area contributed by atoms with Gasteiger partial charge in [-0.25, -0.2) is 0 Å². The average Bonchev–Trinajstić information content (AvgIpc) is 2.97. The van der Waals surface area contributed by atoms with E-state index in [0.29, 0.717) is 11.0 Å². The van der Waals surface area contributed by atoms with Crippen LogP contribution in [0.1, 0.15) is 24.8 Å². The van der Waals surface area contributed by atoms with E-state index in [9.17, 15) is 13.6 Å². The standard InChI is InChI=1S/C17H22F2N2O2/c18-16(19)23-14-4-2-1-3-13(14)11-15(22)21-9-6-17(7-10-21)5-8-20-12-17/h1-4,16,20H,5-12H2. The minimum atomic E-state index is -2.88. The van der Waals surface area contributed by atoms with Gasteiger partial charge in [-0.15, -0.1) is 0 Å². The van der Waals surface area contributed by atoms with Crippen molar-refractivity contribution in [1.82, 2.24) is 10.2 Å². The first-order valence-electron chi connectivity index (χ1n) is 8.09. The molecule has 0 aromatic heterocycles. The Kier molecular flexibility index (Phi) is 4.80. The lowest BCUT2D eigenvalue weighted by Gasteiger charge is -2.39. The third-order valence-electron chi connectivity index (χ3n) is 5.04. The van der Waals surface area contributed by atoms with Gasteiger partial charge in [-0.05, 0) is 37.3 Å². The normalized spacial score (nSPS) is 20.2. The van der Waals surface area contributed by atoms with Gasteiger partial charge >= 0.3 is 6.61 Å². The molecule has 2 fully saturated rings. The Bertz CT molecular complexity index is 549. The Morgan fingerprint density at radius 2 is 2.00 bits per heavy atom. The summed E-state index contributed by atoms with van der Waals surface area (Å²) in [6, 6.07) is 6.51. The molecule has 0 radical (unpaired) electrons. The largest absolute Gasteiger partial charge is 0.435 e. The lowest BCUT2D eigenvalue weighted by molar-refractivity contribution is -0.132. The van der Waals surface area contributed by atoms with Gasteiger partial charge in [0.05, 0.1) is 6.42 Å². The first-order valence-corrected chi connectivity index (χ1v) is 8.09. The van der Waals surface area contributed by atoms with Crippen LogP contribution in [0.2, 0.25) is 0 Å². The quantitative estimate of drug-likeness (QED) is 0.925. The zero-order chi connectivity index (χ0) is 16.3. The molecule has 1 spiro atoms. The van der Waals surface area contributed by atoms with Gasteiger partial charge in [-0.2, -0.15) is 8.78 Å². The van der Waals surface area contributed by atoms with Crippen LogP contribution in [-0.4, -0.2) is 43.6 Å². The Hall–Kier alpha value is -1.69. The first kappa shape index (κ1) is 16.2. The molecule has 1 N–H and O–H groups in total. The number of rotatable bonds is 4. The molecule has 4 nitrogen and oxygen atoms in total. The Morgan fingerprint density at radius 1 is 1.26 bits per heavy atom. The maximum atomic E-state index is 12.5. The summed E-state index contributed by atoms with van der Waals surface area (Å²) < 4.78 is 29.4. The SMILES string of the molecule is O=C(Cc1ccccc1OC(F)F)N1CCC2(CCNC2)CC1. The summed E-state index contributed by atoms with van der Waals surface area (Å²) in [5.74, 6) is 0.0699. The van der Waals surface area contributed by atoms with Crippen molar-refractivity contribution in [3.63, 3.8) is 0 Å². The molecule has 23 heavy (non-hydrogen) atoms. The smallest absolute Gasteiger partial charge is 0.387 e. The van der Waals surface area contributed by atoms with E-state index in [1.165, 1.54) is 12.5 Å². The van der Waals surface area contributed by atoms with Crippen LogP contribution in [0.5, 0.6) is 5.75 Å². The molecule has 0 bridgehead atoms. The molecule has 6 heteroatoms. The van der Waals surface area contributed by atoms with Gasteiger partial charge in [-0.1, -0.05) is 18.2 Å². The van der Waals surface area contributed by atoms with Gasteiger partial charge in [0.2, 0.25) is 5.91 Å². The van der Waals surface area contributed by atoms with E-state index in [1.54, 1.807) is 18.2 Å². The van der Waals surface area contributed by atoms with Crippen LogP contribution in [0.4, 0.5) is 8.78 Å². The third kappa shape index (κ3) is 3.80. The van der Waals surface area contributed by atoms with E-state index in [4.69, 9.17) is 0 Å². The van der Waals surface area contributed by atoms with Gasteiger partial charge in [0.15, 0.2) is 0 Å². The lowest BCUT2D eigenvalue weighted by atomic mass is 9.78. The van der Waals surface area contributed by atoms with Gasteiger partial charge in [-0.3, -0.25) is 4.79 Å². The molecule has 1 aromatic carbocycles. The molecule has 2 heterocycles. The number of alkyl halides is 2. The van der Waals surface area contributed by atoms with Crippen molar-refractivity contribution in [3.8, 4) is 5.75 Å². The Morgan fingerprint density at radius 3 is 2.65 bits per heavy atom. The molecule has 2 aliphatic rings. The van der Waals surface area contributed by atoms with E-state index in [1.807, 2.05) is 4.90 Å². The number of carbonyl (C=O) groups excluding carboxylic acids is 1. The van der Waals surface area contributed by atoms with Crippen molar-refractivity contribution in [1.29, 1.82) is 0 Å². The van der Waals surface area contributed by atoms with E-state index >= 15 is 0 Å². The molecular formula is C17H22F2N2O2. The van der Waals surface area contributed by atoms with Crippen molar-refractivity contribution in [2.24, 2.45) is 5.41 Å². The summed E-state index contributed by atoms with van der Waals surface area (Å²) in [7, 11) is 0. The van der Waals surface area contributed by atoms with Crippen molar-refractivity contribution in [2.45, 2.75) is 32.3 Å². The number of piperidine rings is 1. The summed E-state index contributed by atoms with van der Waals surface area (Å²) in [5.41, 5.74) is 0.869. The fourth-order valence-corrected chi connectivity index (χ4v) is 3.59. The summed E-state index contributed by atoms with van der Waals surface area (Å²) in [6.07, 6.45) is 3.32. The summed E-state index contributed by atoms with van der Waals surface area (Å²) in [5, 5.41) is 3.40. The van der Waals surface area contributed by atoms with E-state index in [2.05, 4.69) is 10.1 Å². The number of carbonyl (C=O) groups is 1. The average molecular weight is 324 g/mol. The van der Waals surface area contributed by atoms with E-state index in [-0.39, 0.29) is 18.1 Å². The highest BCUT2D eigenvalue weighted by Crippen LogP contribution is 2.37. The van der Waals surface area contributed by atoms with Gasteiger partial charge < -0.3 is 15.0 Å². The number of halogens is 2. The van der Waals surface area contributed by atoms with Crippen molar-refractivity contribution in [2.75, 3.05) is 26.2 Å². The monoisotopic (exact) mass is 324 g/mol. The number of nitrogens with one attached hydrogen (secondary N) is 1. The molecule has 1 aromatic rings. The van der Waals surface area contributed by atoms with Crippen LogP contribution in [0.25, 0.3) is 0 Å². The highest BCUT2D eigenvalue weighted by molar-refractivity contribution is 5.79. The van der Waals surface area contributed by atoms with Gasteiger partial charge in [0, 0.05) is 25.2 Å². The van der Waals surface area contributed by atoms with Crippen LogP contribution in [0.3, 0.4) is 0 Å². The van der Waals surface area contributed by atoms with Crippen molar-refractivity contribution in [3.05, 3.63) is 29.8 Å². The zero-order valence-corrected chi connectivity index (χ0v) is 13.1. The van der Waals surface area contributed by atoms with Crippen LogP contribution >= 0.6 is 0 Å². The van der Waals surface area contributed by atoms with E-state index in [0.717, 1.165) is 39.0 Å². The Labute approximate surface area is 134 Å². The van der Waals surface area contributed by atoms with Crippen LogP contribution in [0, 0.1) is 5.41 Å². The molecule has 3 rings (SSSR count). The summed E-state index contributed by atoms with van der Waals surface area (Å²) in [4.78, 5) is 14.3. The molecule has 2 saturated heterocycles. The maximum Gasteiger partial charge on any atom is 0.387 e. The first-order chi connectivity index (χ1) is 11.1. The third-order valence-corrected chi connectivity index (χ3v) is 5.04. The molecule has 0 atom stereocenters. The highest BCUT2D eigenvalue weighted by Gasteiger charge is 2.38.